The molecule has 0 fully saturated rings. The first kappa shape index (κ1) is 11.7. The van der Waals surface area contributed by atoms with Gasteiger partial charge in [0.05, 0.1) is 25.0 Å². The first-order valence-corrected chi connectivity index (χ1v) is 5.67. The minimum Gasteiger partial charge on any atom is -0.497 e. The zero-order chi connectivity index (χ0) is 12.3. The van der Waals surface area contributed by atoms with Gasteiger partial charge in [0.2, 0.25) is 5.91 Å². The van der Waals surface area contributed by atoms with Crippen molar-refractivity contribution in [2.24, 2.45) is 5.73 Å². The van der Waals surface area contributed by atoms with Crippen molar-refractivity contribution in [3.8, 4) is 5.75 Å². The average molecular weight is 235 g/mol. The monoisotopic (exact) mass is 235 g/mol. The Labute approximate surface area is 101 Å². The molecule has 1 aliphatic rings. The number of fused-ring (bicyclic) bond motifs is 1. The first-order valence-electron chi connectivity index (χ1n) is 5.67. The van der Waals surface area contributed by atoms with E-state index in [2.05, 4.69) is 5.32 Å². The second-order valence-corrected chi connectivity index (χ2v) is 4.00. The van der Waals surface area contributed by atoms with Gasteiger partial charge in [-0.1, -0.05) is 0 Å². The summed E-state index contributed by atoms with van der Waals surface area (Å²) in [5.74, 6) is 0.743. The van der Waals surface area contributed by atoms with E-state index < -0.39 is 0 Å². The molecular weight excluding hydrogens is 218 g/mol. The third-order valence-corrected chi connectivity index (χ3v) is 2.79. The van der Waals surface area contributed by atoms with E-state index in [9.17, 15) is 4.79 Å². The van der Waals surface area contributed by atoms with Crippen LogP contribution in [0.25, 0.3) is 0 Å². The number of anilines is 2. The Balaban J connectivity index is 2.26. The summed E-state index contributed by atoms with van der Waals surface area (Å²) in [6.07, 6.45) is 0.874. The Morgan fingerprint density at radius 1 is 1.53 bits per heavy atom. The van der Waals surface area contributed by atoms with Gasteiger partial charge in [-0.15, -0.1) is 0 Å². The highest BCUT2D eigenvalue weighted by Crippen LogP contribution is 2.32. The molecule has 1 aliphatic heterocycles. The Kier molecular flexibility index (Phi) is 3.49. The summed E-state index contributed by atoms with van der Waals surface area (Å²) in [6.45, 7) is 1.81. The van der Waals surface area contributed by atoms with Gasteiger partial charge in [0.1, 0.15) is 5.75 Å². The number of methoxy groups -OCH3 is 1. The molecule has 0 atom stereocenters. The molecule has 0 saturated carbocycles. The number of carbonyl (C=O) groups is 1. The van der Waals surface area contributed by atoms with Crippen molar-refractivity contribution in [2.45, 2.75) is 6.42 Å². The number of ether oxygens (including phenoxy) is 1. The van der Waals surface area contributed by atoms with E-state index >= 15 is 0 Å². The molecule has 0 radical (unpaired) electrons. The van der Waals surface area contributed by atoms with E-state index in [4.69, 9.17) is 10.5 Å². The number of carbonyl (C=O) groups excluding carboxylic acids is 1. The SMILES string of the molecule is COc1ccc2c(c1)NC(=O)CN2CCCN. The third kappa shape index (κ3) is 2.50. The molecule has 2 rings (SSSR count). The molecule has 5 heteroatoms. The number of nitrogens with zero attached hydrogens (tertiary/aromatic N) is 1. The van der Waals surface area contributed by atoms with Gasteiger partial charge in [-0.25, -0.2) is 0 Å². The number of amides is 1. The molecule has 0 unspecified atom stereocenters. The highest BCUT2D eigenvalue weighted by atomic mass is 16.5. The van der Waals surface area contributed by atoms with Crippen molar-refractivity contribution < 1.29 is 9.53 Å². The van der Waals surface area contributed by atoms with Crippen molar-refractivity contribution in [2.75, 3.05) is 37.0 Å². The topological polar surface area (TPSA) is 67.6 Å². The molecule has 17 heavy (non-hydrogen) atoms. The minimum absolute atomic E-state index is 0.00257. The highest BCUT2D eigenvalue weighted by molar-refractivity contribution is 6.01. The smallest absolute Gasteiger partial charge is 0.243 e. The van der Waals surface area contributed by atoms with Crippen molar-refractivity contribution in [1.82, 2.24) is 0 Å². The number of nitrogens with one attached hydrogen (secondary N) is 1. The van der Waals surface area contributed by atoms with Gasteiger partial charge in [0.15, 0.2) is 0 Å². The maximum Gasteiger partial charge on any atom is 0.243 e. The van der Waals surface area contributed by atoms with Crippen LogP contribution in [0.5, 0.6) is 5.75 Å². The number of hydrogen-bond donors (Lipinski definition) is 2. The van der Waals surface area contributed by atoms with Gasteiger partial charge in [-0.2, -0.15) is 0 Å². The lowest BCUT2D eigenvalue weighted by Crippen LogP contribution is -2.39. The van der Waals surface area contributed by atoms with Crippen molar-refractivity contribution >= 4 is 17.3 Å². The normalized spacial score (nSPS) is 14.2. The van der Waals surface area contributed by atoms with Crippen LogP contribution < -0.4 is 20.7 Å². The molecule has 0 saturated heterocycles. The molecule has 3 N–H and O–H groups in total. The maximum atomic E-state index is 11.6. The Hall–Kier alpha value is -1.75. The molecule has 0 bridgehead atoms. The van der Waals surface area contributed by atoms with Gasteiger partial charge in [0, 0.05) is 12.6 Å². The molecule has 1 aromatic rings. The molecule has 0 aromatic heterocycles. The summed E-state index contributed by atoms with van der Waals surface area (Å²) in [7, 11) is 1.61. The summed E-state index contributed by atoms with van der Waals surface area (Å²) in [5.41, 5.74) is 7.33. The van der Waals surface area contributed by atoms with Crippen LogP contribution in [0.15, 0.2) is 18.2 Å². The summed E-state index contributed by atoms with van der Waals surface area (Å²) < 4.78 is 5.14. The second kappa shape index (κ2) is 5.05. The van der Waals surface area contributed by atoms with E-state index in [1.54, 1.807) is 7.11 Å². The maximum absolute atomic E-state index is 11.6. The van der Waals surface area contributed by atoms with Crippen LogP contribution in [0.3, 0.4) is 0 Å². The number of rotatable bonds is 4. The van der Waals surface area contributed by atoms with Crippen LogP contribution in [0.1, 0.15) is 6.42 Å². The van der Waals surface area contributed by atoms with Crippen LogP contribution in [0, 0.1) is 0 Å². The molecule has 1 aromatic carbocycles. The zero-order valence-corrected chi connectivity index (χ0v) is 9.90. The Morgan fingerprint density at radius 3 is 3.06 bits per heavy atom. The number of hydrogen-bond acceptors (Lipinski definition) is 4. The molecule has 1 heterocycles. The standard InChI is InChI=1S/C12H17N3O2/c1-17-9-3-4-11-10(7-9)14-12(16)8-15(11)6-2-5-13/h3-4,7H,2,5-6,8,13H2,1H3,(H,14,16). The fourth-order valence-electron chi connectivity index (χ4n) is 1.95. The highest BCUT2D eigenvalue weighted by Gasteiger charge is 2.21. The summed E-state index contributed by atoms with van der Waals surface area (Å²) >= 11 is 0. The largest absolute Gasteiger partial charge is 0.497 e. The third-order valence-electron chi connectivity index (χ3n) is 2.79. The van der Waals surface area contributed by atoms with Crippen molar-refractivity contribution in [3.63, 3.8) is 0 Å². The average Bonchev–Trinajstić information content (AvgIpc) is 2.34. The van der Waals surface area contributed by atoms with Crippen LogP contribution in [0.4, 0.5) is 11.4 Å². The van der Waals surface area contributed by atoms with Crippen LogP contribution in [-0.4, -0.2) is 32.7 Å². The number of benzene rings is 1. The van der Waals surface area contributed by atoms with Gasteiger partial charge < -0.3 is 20.7 Å². The zero-order valence-electron chi connectivity index (χ0n) is 9.90. The van der Waals surface area contributed by atoms with Gasteiger partial charge in [-0.3, -0.25) is 4.79 Å². The lowest BCUT2D eigenvalue weighted by atomic mass is 10.1. The van der Waals surface area contributed by atoms with Crippen LogP contribution >= 0.6 is 0 Å². The fourth-order valence-corrected chi connectivity index (χ4v) is 1.95. The van der Waals surface area contributed by atoms with E-state index in [0.717, 1.165) is 30.1 Å². The van der Waals surface area contributed by atoms with Crippen LogP contribution in [0.2, 0.25) is 0 Å². The molecule has 0 spiro atoms. The Bertz CT molecular complexity index is 420. The quantitative estimate of drug-likeness (QED) is 0.810. The van der Waals surface area contributed by atoms with Crippen LogP contribution in [-0.2, 0) is 4.79 Å². The fraction of sp³-hybridized carbons (Fsp3) is 0.417. The summed E-state index contributed by atoms with van der Waals surface area (Å²) in [4.78, 5) is 13.6. The van der Waals surface area contributed by atoms with Crippen molar-refractivity contribution in [3.05, 3.63) is 18.2 Å². The van der Waals surface area contributed by atoms with E-state index in [1.165, 1.54) is 0 Å². The van der Waals surface area contributed by atoms with Gasteiger partial charge in [-0.05, 0) is 25.1 Å². The molecular formula is C12H17N3O2. The lowest BCUT2D eigenvalue weighted by molar-refractivity contribution is -0.115. The van der Waals surface area contributed by atoms with E-state index in [1.807, 2.05) is 23.1 Å². The predicted octanol–water partition coefficient (Wildman–Crippen LogP) is 0.802. The van der Waals surface area contributed by atoms with E-state index in [-0.39, 0.29) is 5.91 Å². The predicted molar refractivity (Wildman–Crippen MR) is 67.5 cm³/mol. The van der Waals surface area contributed by atoms with Crippen molar-refractivity contribution in [1.29, 1.82) is 0 Å². The molecule has 1 amide bonds. The lowest BCUT2D eigenvalue weighted by Gasteiger charge is -2.31. The van der Waals surface area contributed by atoms with Gasteiger partial charge in [0.25, 0.3) is 0 Å². The molecule has 5 nitrogen and oxygen atoms in total. The summed E-state index contributed by atoms with van der Waals surface area (Å²) in [6, 6.07) is 5.69. The van der Waals surface area contributed by atoms with E-state index in [0.29, 0.717) is 13.1 Å². The number of nitrogens with two attached hydrogens (primary N) is 1. The second-order valence-electron chi connectivity index (χ2n) is 4.00. The van der Waals surface area contributed by atoms with Gasteiger partial charge >= 0.3 is 0 Å². The Morgan fingerprint density at radius 2 is 2.35 bits per heavy atom. The minimum atomic E-state index is 0.00257. The summed E-state index contributed by atoms with van der Waals surface area (Å²) in [5, 5.41) is 2.85. The first-order chi connectivity index (χ1) is 8.24. The molecule has 0 aliphatic carbocycles. The molecule has 92 valence electrons.